The second-order valence-electron chi connectivity index (χ2n) is 5.17. The van der Waals surface area contributed by atoms with E-state index < -0.39 is 0 Å². The Morgan fingerprint density at radius 3 is 2.33 bits per heavy atom. The fourth-order valence-corrected chi connectivity index (χ4v) is 1.91. The van der Waals surface area contributed by atoms with Gasteiger partial charge in [0.05, 0.1) is 0 Å². The van der Waals surface area contributed by atoms with E-state index >= 15 is 0 Å². The summed E-state index contributed by atoms with van der Waals surface area (Å²) in [5.41, 5.74) is 5.23. The summed E-state index contributed by atoms with van der Waals surface area (Å²) in [6.07, 6.45) is 0.873. The van der Waals surface area contributed by atoms with Crippen LogP contribution >= 0.6 is 0 Å². The van der Waals surface area contributed by atoms with Crippen LogP contribution < -0.4 is 10.6 Å². The van der Waals surface area contributed by atoms with Crippen LogP contribution in [0.5, 0.6) is 0 Å². The van der Waals surface area contributed by atoms with Crippen LogP contribution in [0.15, 0.2) is 12.1 Å². The molecule has 1 aromatic rings. The number of urea groups is 1. The Morgan fingerprint density at radius 2 is 1.72 bits per heavy atom. The van der Waals surface area contributed by atoms with Gasteiger partial charge in [0.15, 0.2) is 0 Å². The minimum atomic E-state index is -0.0912. The van der Waals surface area contributed by atoms with Crippen molar-refractivity contribution < 1.29 is 4.79 Å². The third kappa shape index (κ3) is 4.40. The number of benzene rings is 1. The monoisotopic (exact) mass is 248 g/mol. The van der Waals surface area contributed by atoms with Crippen LogP contribution in [0.25, 0.3) is 0 Å². The van der Waals surface area contributed by atoms with Gasteiger partial charge in [-0.2, -0.15) is 0 Å². The van der Waals surface area contributed by atoms with Gasteiger partial charge in [-0.25, -0.2) is 4.79 Å². The molecule has 0 bridgehead atoms. The number of hydrogen-bond acceptors (Lipinski definition) is 1. The van der Waals surface area contributed by atoms with Crippen molar-refractivity contribution >= 4 is 6.03 Å². The summed E-state index contributed by atoms with van der Waals surface area (Å²) in [7, 11) is 0. The highest BCUT2D eigenvalue weighted by Gasteiger charge is 2.04. The van der Waals surface area contributed by atoms with Crippen molar-refractivity contribution in [2.45, 2.75) is 47.1 Å². The first-order valence-electron chi connectivity index (χ1n) is 6.51. The number of nitrogens with one attached hydrogen (secondary N) is 2. The van der Waals surface area contributed by atoms with Crippen molar-refractivity contribution in [3.8, 4) is 0 Å². The minimum absolute atomic E-state index is 0.0912. The smallest absolute Gasteiger partial charge is 0.314 e. The molecule has 100 valence electrons. The molecule has 1 aromatic carbocycles. The van der Waals surface area contributed by atoms with Gasteiger partial charge in [-0.15, -0.1) is 0 Å². The molecule has 0 aliphatic heterocycles. The number of hydrogen-bond donors (Lipinski definition) is 2. The van der Waals surface area contributed by atoms with Crippen molar-refractivity contribution in [1.29, 1.82) is 0 Å². The van der Waals surface area contributed by atoms with E-state index in [-0.39, 0.29) is 12.1 Å². The van der Waals surface area contributed by atoms with E-state index in [2.05, 4.69) is 43.5 Å². The molecular weight excluding hydrogens is 224 g/mol. The van der Waals surface area contributed by atoms with E-state index in [1.807, 2.05) is 13.8 Å². The van der Waals surface area contributed by atoms with Gasteiger partial charge in [0.1, 0.15) is 0 Å². The molecule has 2 amide bonds. The van der Waals surface area contributed by atoms with Gasteiger partial charge in [0.2, 0.25) is 0 Å². The topological polar surface area (TPSA) is 41.1 Å². The summed E-state index contributed by atoms with van der Waals surface area (Å²) in [6.45, 7) is 10.9. The highest BCUT2D eigenvalue weighted by molar-refractivity contribution is 5.74. The lowest BCUT2D eigenvalue weighted by atomic mass is 9.99. The summed E-state index contributed by atoms with van der Waals surface area (Å²) in [4.78, 5) is 11.4. The Kier molecular flexibility index (Phi) is 5.20. The molecule has 0 heterocycles. The molecular formula is C15H24N2O. The van der Waals surface area contributed by atoms with E-state index in [4.69, 9.17) is 0 Å². The molecule has 0 saturated heterocycles. The van der Waals surface area contributed by atoms with Gasteiger partial charge in [0, 0.05) is 12.6 Å². The van der Waals surface area contributed by atoms with Crippen molar-refractivity contribution in [2.24, 2.45) is 0 Å². The lowest BCUT2D eigenvalue weighted by Crippen LogP contribution is -2.40. The van der Waals surface area contributed by atoms with E-state index in [1.54, 1.807) is 0 Å². The van der Waals surface area contributed by atoms with Gasteiger partial charge >= 0.3 is 6.03 Å². The molecule has 0 atom stereocenters. The summed E-state index contributed by atoms with van der Waals surface area (Å²) < 4.78 is 0. The predicted octanol–water partition coefficient (Wildman–Crippen LogP) is 2.86. The Bertz CT molecular complexity index is 425. The molecule has 0 aromatic heterocycles. The fourth-order valence-electron chi connectivity index (χ4n) is 1.91. The molecule has 1 rings (SSSR count). The SMILES string of the molecule is Cc1cc(C)c(CCNC(=O)NC(C)C)cc1C. The molecule has 0 radical (unpaired) electrons. The van der Waals surface area contributed by atoms with Gasteiger partial charge < -0.3 is 10.6 Å². The Labute approximate surface area is 110 Å². The number of carbonyl (C=O) groups is 1. The number of rotatable bonds is 4. The summed E-state index contributed by atoms with van der Waals surface area (Å²) in [6, 6.07) is 4.51. The molecule has 0 unspecified atom stereocenters. The van der Waals surface area contributed by atoms with Crippen LogP contribution in [0.3, 0.4) is 0 Å². The van der Waals surface area contributed by atoms with Gasteiger partial charge in [-0.3, -0.25) is 0 Å². The van der Waals surface area contributed by atoms with Crippen molar-refractivity contribution in [1.82, 2.24) is 10.6 Å². The van der Waals surface area contributed by atoms with Gasteiger partial charge in [-0.05, 0) is 63.3 Å². The highest BCUT2D eigenvalue weighted by Crippen LogP contribution is 2.15. The molecule has 2 N–H and O–H groups in total. The Hall–Kier alpha value is -1.51. The average Bonchev–Trinajstić information content (AvgIpc) is 2.24. The van der Waals surface area contributed by atoms with Gasteiger partial charge in [-0.1, -0.05) is 12.1 Å². The van der Waals surface area contributed by atoms with Gasteiger partial charge in [0.25, 0.3) is 0 Å². The first-order valence-corrected chi connectivity index (χ1v) is 6.51. The second kappa shape index (κ2) is 6.43. The molecule has 3 heteroatoms. The van der Waals surface area contributed by atoms with Crippen LogP contribution in [0.2, 0.25) is 0 Å². The lowest BCUT2D eigenvalue weighted by molar-refractivity contribution is 0.238. The maximum absolute atomic E-state index is 11.4. The van der Waals surface area contributed by atoms with Crippen LogP contribution in [0.4, 0.5) is 4.79 Å². The minimum Gasteiger partial charge on any atom is -0.338 e. The van der Waals surface area contributed by atoms with Crippen LogP contribution in [-0.4, -0.2) is 18.6 Å². The summed E-state index contributed by atoms with van der Waals surface area (Å²) >= 11 is 0. The maximum atomic E-state index is 11.4. The third-order valence-electron chi connectivity index (χ3n) is 3.05. The molecule has 0 fully saturated rings. The number of aryl methyl sites for hydroxylation is 3. The highest BCUT2D eigenvalue weighted by atomic mass is 16.2. The molecule has 0 saturated carbocycles. The fraction of sp³-hybridized carbons (Fsp3) is 0.533. The third-order valence-corrected chi connectivity index (χ3v) is 3.05. The molecule has 0 aliphatic rings. The molecule has 3 nitrogen and oxygen atoms in total. The Morgan fingerprint density at radius 1 is 1.11 bits per heavy atom. The quantitative estimate of drug-likeness (QED) is 0.845. The normalized spacial score (nSPS) is 10.6. The van der Waals surface area contributed by atoms with Crippen molar-refractivity contribution in [2.75, 3.05) is 6.54 Å². The summed E-state index contributed by atoms with van der Waals surface area (Å²) in [5.74, 6) is 0. The van der Waals surface area contributed by atoms with E-state index in [1.165, 1.54) is 22.3 Å². The van der Waals surface area contributed by atoms with Crippen molar-refractivity contribution in [3.63, 3.8) is 0 Å². The van der Waals surface area contributed by atoms with Crippen LogP contribution in [0, 0.1) is 20.8 Å². The zero-order valence-corrected chi connectivity index (χ0v) is 12.1. The Balaban J connectivity index is 2.49. The molecule has 0 aliphatic carbocycles. The maximum Gasteiger partial charge on any atom is 0.314 e. The second-order valence-corrected chi connectivity index (χ2v) is 5.17. The largest absolute Gasteiger partial charge is 0.338 e. The zero-order valence-electron chi connectivity index (χ0n) is 12.1. The van der Waals surface area contributed by atoms with Crippen LogP contribution in [0.1, 0.15) is 36.1 Å². The van der Waals surface area contributed by atoms with Crippen LogP contribution in [-0.2, 0) is 6.42 Å². The number of carbonyl (C=O) groups excluding carboxylic acids is 1. The zero-order chi connectivity index (χ0) is 13.7. The summed E-state index contributed by atoms with van der Waals surface area (Å²) in [5, 5.41) is 5.69. The van der Waals surface area contributed by atoms with E-state index in [9.17, 15) is 4.79 Å². The molecule has 18 heavy (non-hydrogen) atoms. The first-order chi connectivity index (χ1) is 8.40. The molecule has 0 spiro atoms. The first kappa shape index (κ1) is 14.6. The van der Waals surface area contributed by atoms with E-state index in [0.29, 0.717) is 6.54 Å². The number of amides is 2. The van der Waals surface area contributed by atoms with Crippen molar-refractivity contribution in [3.05, 3.63) is 34.4 Å². The average molecular weight is 248 g/mol. The standard InChI is InChI=1S/C15H24N2O/c1-10(2)17-15(18)16-7-6-14-9-12(4)11(3)8-13(14)5/h8-10H,6-7H2,1-5H3,(H2,16,17,18). The van der Waals surface area contributed by atoms with E-state index in [0.717, 1.165) is 6.42 Å². The lowest BCUT2D eigenvalue weighted by Gasteiger charge is -2.12. The predicted molar refractivity (Wildman–Crippen MR) is 76.0 cm³/mol.